The van der Waals surface area contributed by atoms with Crippen molar-refractivity contribution < 1.29 is 24.2 Å². The van der Waals surface area contributed by atoms with E-state index >= 15 is 0 Å². The highest BCUT2D eigenvalue weighted by molar-refractivity contribution is 5.75. The predicted molar refractivity (Wildman–Crippen MR) is 70.5 cm³/mol. The summed E-state index contributed by atoms with van der Waals surface area (Å²) in [6, 6.07) is -0.125. The number of carboxylic acids is 1. The molecule has 7 heteroatoms. The van der Waals surface area contributed by atoms with E-state index in [0.717, 1.165) is 13.0 Å². The SMILES string of the molecule is CC1OCCC1CNC(=O)N1CC(C)(OCC(=O)O)C1. The van der Waals surface area contributed by atoms with Crippen molar-refractivity contribution in [3.05, 3.63) is 0 Å². The number of urea groups is 1. The van der Waals surface area contributed by atoms with E-state index in [1.54, 1.807) is 4.90 Å². The number of rotatable bonds is 5. The van der Waals surface area contributed by atoms with E-state index in [9.17, 15) is 9.59 Å². The van der Waals surface area contributed by atoms with Gasteiger partial charge in [0.15, 0.2) is 0 Å². The van der Waals surface area contributed by atoms with Crippen molar-refractivity contribution >= 4 is 12.0 Å². The van der Waals surface area contributed by atoms with Crippen LogP contribution in [0.25, 0.3) is 0 Å². The maximum absolute atomic E-state index is 11.9. The zero-order valence-electron chi connectivity index (χ0n) is 11.9. The van der Waals surface area contributed by atoms with Gasteiger partial charge in [-0.15, -0.1) is 0 Å². The zero-order valence-corrected chi connectivity index (χ0v) is 11.9. The highest BCUT2D eigenvalue weighted by Gasteiger charge is 2.43. The molecule has 0 aromatic rings. The minimum atomic E-state index is -0.996. The molecule has 2 unspecified atom stereocenters. The third kappa shape index (κ3) is 3.61. The monoisotopic (exact) mass is 286 g/mol. The van der Waals surface area contributed by atoms with Gasteiger partial charge in [-0.1, -0.05) is 0 Å². The van der Waals surface area contributed by atoms with Gasteiger partial charge < -0.3 is 24.8 Å². The standard InChI is InChI=1S/C13H22N2O5/c1-9-10(3-4-19-9)5-14-12(18)15-7-13(2,8-15)20-6-11(16)17/h9-10H,3-8H2,1-2H3,(H,14,18)(H,16,17). The molecule has 20 heavy (non-hydrogen) atoms. The number of carboxylic acid groups (broad SMARTS) is 1. The van der Waals surface area contributed by atoms with Crippen LogP contribution in [0.2, 0.25) is 0 Å². The summed E-state index contributed by atoms with van der Waals surface area (Å²) >= 11 is 0. The number of likely N-dealkylation sites (tertiary alicyclic amines) is 1. The molecule has 7 nitrogen and oxygen atoms in total. The van der Waals surface area contributed by atoms with Crippen molar-refractivity contribution in [2.24, 2.45) is 5.92 Å². The number of carbonyl (C=O) groups is 2. The maximum atomic E-state index is 11.9. The first kappa shape index (κ1) is 15.1. The molecule has 2 fully saturated rings. The Labute approximate surface area is 118 Å². The molecule has 0 aromatic carbocycles. The smallest absolute Gasteiger partial charge is 0.329 e. The Morgan fingerprint density at radius 3 is 2.75 bits per heavy atom. The van der Waals surface area contributed by atoms with E-state index in [4.69, 9.17) is 14.6 Å². The van der Waals surface area contributed by atoms with Gasteiger partial charge in [0, 0.05) is 19.1 Å². The lowest BCUT2D eigenvalue weighted by Gasteiger charge is -2.47. The summed E-state index contributed by atoms with van der Waals surface area (Å²) in [5, 5.41) is 11.5. The van der Waals surface area contributed by atoms with Gasteiger partial charge >= 0.3 is 12.0 Å². The van der Waals surface area contributed by atoms with Crippen LogP contribution >= 0.6 is 0 Å². The number of nitrogens with zero attached hydrogens (tertiary/aromatic N) is 1. The van der Waals surface area contributed by atoms with E-state index in [1.807, 2.05) is 13.8 Å². The maximum Gasteiger partial charge on any atom is 0.329 e. The molecule has 0 spiro atoms. The van der Waals surface area contributed by atoms with Gasteiger partial charge in [-0.05, 0) is 20.3 Å². The first-order chi connectivity index (χ1) is 9.39. The largest absolute Gasteiger partial charge is 0.480 e. The molecule has 2 atom stereocenters. The second-order valence-electron chi connectivity index (χ2n) is 5.80. The fourth-order valence-electron chi connectivity index (χ4n) is 2.61. The Kier molecular flexibility index (Phi) is 4.49. The number of nitrogens with one attached hydrogen (secondary N) is 1. The highest BCUT2D eigenvalue weighted by atomic mass is 16.5. The molecule has 0 bridgehead atoms. The Balaban J connectivity index is 1.67. The molecule has 2 N–H and O–H groups in total. The van der Waals surface area contributed by atoms with Crippen molar-refractivity contribution in [3.8, 4) is 0 Å². The summed E-state index contributed by atoms with van der Waals surface area (Å²) in [6.45, 7) is 5.71. The van der Waals surface area contributed by atoms with Crippen LogP contribution in [0.15, 0.2) is 0 Å². The topological polar surface area (TPSA) is 88.1 Å². The molecule has 2 amide bonds. The molecule has 2 aliphatic heterocycles. The summed E-state index contributed by atoms with van der Waals surface area (Å²) in [7, 11) is 0. The van der Waals surface area contributed by atoms with Crippen LogP contribution in [-0.2, 0) is 14.3 Å². The van der Waals surface area contributed by atoms with Gasteiger partial charge in [-0.2, -0.15) is 0 Å². The van der Waals surface area contributed by atoms with Crippen LogP contribution < -0.4 is 5.32 Å². The molecule has 114 valence electrons. The second-order valence-corrected chi connectivity index (χ2v) is 5.80. The summed E-state index contributed by atoms with van der Waals surface area (Å²) < 4.78 is 10.7. The molecule has 0 aromatic heterocycles. The first-order valence-corrected chi connectivity index (χ1v) is 6.90. The van der Waals surface area contributed by atoms with Crippen molar-refractivity contribution in [2.75, 3.05) is 32.8 Å². The number of hydrogen-bond acceptors (Lipinski definition) is 4. The average molecular weight is 286 g/mol. The molecule has 0 radical (unpaired) electrons. The summed E-state index contributed by atoms with van der Waals surface area (Å²) in [6.07, 6.45) is 1.16. The minimum Gasteiger partial charge on any atom is -0.480 e. The van der Waals surface area contributed by atoms with Crippen LogP contribution in [0.3, 0.4) is 0 Å². The predicted octanol–water partition coefficient (Wildman–Crippen LogP) is 0.297. The molecular formula is C13H22N2O5. The van der Waals surface area contributed by atoms with E-state index in [-0.39, 0.29) is 18.7 Å². The van der Waals surface area contributed by atoms with E-state index < -0.39 is 11.6 Å². The van der Waals surface area contributed by atoms with Crippen LogP contribution in [0.5, 0.6) is 0 Å². The minimum absolute atomic E-state index is 0.125. The molecular weight excluding hydrogens is 264 g/mol. The Bertz CT molecular complexity index is 381. The number of hydrogen-bond donors (Lipinski definition) is 2. The number of aliphatic carboxylic acids is 1. The lowest BCUT2D eigenvalue weighted by molar-refractivity contribution is -0.159. The van der Waals surface area contributed by atoms with E-state index in [2.05, 4.69) is 5.32 Å². The van der Waals surface area contributed by atoms with Crippen molar-refractivity contribution in [1.29, 1.82) is 0 Å². The molecule has 0 aliphatic carbocycles. The normalized spacial score (nSPS) is 28.0. The number of amides is 2. The third-order valence-electron chi connectivity index (χ3n) is 3.93. The molecule has 0 saturated carbocycles. The van der Waals surface area contributed by atoms with Crippen molar-refractivity contribution in [1.82, 2.24) is 10.2 Å². The van der Waals surface area contributed by atoms with Crippen LogP contribution in [0.4, 0.5) is 4.79 Å². The highest BCUT2D eigenvalue weighted by Crippen LogP contribution is 2.25. The van der Waals surface area contributed by atoms with Crippen LogP contribution in [0, 0.1) is 5.92 Å². The van der Waals surface area contributed by atoms with E-state index in [0.29, 0.717) is 25.6 Å². The quantitative estimate of drug-likeness (QED) is 0.758. The lowest BCUT2D eigenvalue weighted by atomic mass is 9.97. The summed E-state index contributed by atoms with van der Waals surface area (Å²) in [5.41, 5.74) is -0.542. The Morgan fingerprint density at radius 1 is 1.50 bits per heavy atom. The van der Waals surface area contributed by atoms with Gasteiger partial charge in [0.2, 0.25) is 0 Å². The van der Waals surface area contributed by atoms with Gasteiger partial charge in [-0.3, -0.25) is 0 Å². The summed E-state index contributed by atoms with van der Waals surface area (Å²) in [5.74, 6) is -0.626. The van der Waals surface area contributed by atoms with E-state index in [1.165, 1.54) is 0 Å². The van der Waals surface area contributed by atoms with Gasteiger partial charge in [0.25, 0.3) is 0 Å². The molecule has 2 rings (SSSR count). The fourth-order valence-corrected chi connectivity index (χ4v) is 2.61. The Hall–Kier alpha value is -1.34. The zero-order chi connectivity index (χ0) is 14.8. The Morgan fingerprint density at radius 2 is 2.20 bits per heavy atom. The fraction of sp³-hybridized carbons (Fsp3) is 0.846. The molecule has 2 aliphatic rings. The summed E-state index contributed by atoms with van der Waals surface area (Å²) in [4.78, 5) is 24.0. The van der Waals surface area contributed by atoms with Crippen LogP contribution in [0.1, 0.15) is 20.3 Å². The average Bonchev–Trinajstić information content (AvgIpc) is 2.75. The molecule has 2 saturated heterocycles. The first-order valence-electron chi connectivity index (χ1n) is 6.90. The van der Waals surface area contributed by atoms with Gasteiger partial charge in [0.1, 0.15) is 12.2 Å². The van der Waals surface area contributed by atoms with Crippen LogP contribution in [-0.4, -0.2) is 66.6 Å². The number of carbonyl (C=O) groups excluding carboxylic acids is 1. The second kappa shape index (κ2) is 5.97. The van der Waals surface area contributed by atoms with Gasteiger partial charge in [-0.25, -0.2) is 9.59 Å². The third-order valence-corrected chi connectivity index (χ3v) is 3.93. The number of ether oxygens (including phenoxy) is 2. The van der Waals surface area contributed by atoms with Crippen molar-refractivity contribution in [3.63, 3.8) is 0 Å². The lowest BCUT2D eigenvalue weighted by Crippen LogP contribution is -2.65. The molecule has 2 heterocycles. The van der Waals surface area contributed by atoms with Crippen molar-refractivity contribution in [2.45, 2.75) is 32.0 Å². The van der Waals surface area contributed by atoms with Gasteiger partial charge in [0.05, 0.1) is 19.2 Å².